The summed E-state index contributed by atoms with van der Waals surface area (Å²) < 4.78 is 12.6. The van der Waals surface area contributed by atoms with Gasteiger partial charge in [0.05, 0.1) is 35.1 Å². The molecular weight excluding hydrogens is 304 g/mol. The maximum atomic E-state index is 10.8. The molecule has 0 aromatic carbocycles. The standard InChI is InChI=1S/C20H34O4/c1-13(2)20-9-8-18(4,24-20)16(22)7-6-14(3)10-15(21)11-19(5)17(12-20)23-19/h10,13,15-17,21-22H,6-9,11-12H2,1-5H3/t15-,16-,17-,18-,19-,20+/m1/s1. The van der Waals surface area contributed by atoms with E-state index in [4.69, 9.17) is 9.47 Å². The van der Waals surface area contributed by atoms with Gasteiger partial charge in [-0.1, -0.05) is 25.5 Å². The number of hydrogen-bond donors (Lipinski definition) is 2. The van der Waals surface area contributed by atoms with Crippen molar-refractivity contribution in [2.45, 2.75) is 108 Å². The number of epoxide rings is 1. The number of aliphatic hydroxyl groups excluding tert-OH is 2. The third-order valence-electron chi connectivity index (χ3n) is 6.71. The third kappa shape index (κ3) is 3.31. The van der Waals surface area contributed by atoms with Crippen LogP contribution in [-0.2, 0) is 9.47 Å². The minimum absolute atomic E-state index is 0.128. The molecule has 0 amide bonds. The molecular formula is C20H34O4. The van der Waals surface area contributed by atoms with Crippen LogP contribution >= 0.6 is 0 Å². The van der Waals surface area contributed by atoms with E-state index < -0.39 is 17.8 Å². The molecule has 4 heteroatoms. The maximum Gasteiger partial charge on any atom is 0.0949 e. The SMILES string of the molecule is CC1=C[C@@H](O)C[C@@]2(C)O[C@@H]2C[C@]2(C(C)C)CC[C@@](C)(O2)[C@H](O)CC1. The lowest BCUT2D eigenvalue weighted by atomic mass is 9.80. The molecule has 24 heavy (non-hydrogen) atoms. The molecule has 3 aliphatic rings. The molecule has 0 radical (unpaired) electrons. The normalized spacial score (nSPS) is 49.7. The monoisotopic (exact) mass is 338 g/mol. The van der Waals surface area contributed by atoms with Crippen molar-refractivity contribution >= 4 is 0 Å². The fraction of sp³-hybridized carbons (Fsp3) is 0.900. The number of hydrogen-bond acceptors (Lipinski definition) is 4. The lowest BCUT2D eigenvalue weighted by Gasteiger charge is -2.38. The molecule has 2 N–H and O–H groups in total. The van der Waals surface area contributed by atoms with Crippen LogP contribution in [0.5, 0.6) is 0 Å². The van der Waals surface area contributed by atoms with Gasteiger partial charge in [-0.15, -0.1) is 0 Å². The first kappa shape index (κ1) is 18.4. The lowest BCUT2D eigenvalue weighted by Crippen LogP contribution is -2.45. The molecule has 3 rings (SSSR count). The van der Waals surface area contributed by atoms with Crippen LogP contribution in [0.25, 0.3) is 0 Å². The molecule has 0 saturated carbocycles. The number of rotatable bonds is 1. The molecule has 4 nitrogen and oxygen atoms in total. The third-order valence-corrected chi connectivity index (χ3v) is 6.71. The summed E-state index contributed by atoms with van der Waals surface area (Å²) in [4.78, 5) is 0. The van der Waals surface area contributed by atoms with E-state index in [1.54, 1.807) is 0 Å². The Balaban J connectivity index is 1.88. The van der Waals surface area contributed by atoms with Crippen LogP contribution in [0.3, 0.4) is 0 Å². The molecule has 0 aromatic heterocycles. The summed E-state index contributed by atoms with van der Waals surface area (Å²) in [6.45, 7) is 10.6. The van der Waals surface area contributed by atoms with Gasteiger partial charge in [0.15, 0.2) is 0 Å². The van der Waals surface area contributed by atoms with E-state index in [-0.39, 0.29) is 17.3 Å². The zero-order valence-corrected chi connectivity index (χ0v) is 15.8. The second-order valence-corrected chi connectivity index (χ2v) is 9.10. The van der Waals surface area contributed by atoms with E-state index in [0.29, 0.717) is 18.8 Å². The van der Waals surface area contributed by atoms with Crippen molar-refractivity contribution in [1.82, 2.24) is 0 Å². The highest BCUT2D eigenvalue weighted by molar-refractivity contribution is 5.12. The summed E-state index contributed by atoms with van der Waals surface area (Å²) in [5.41, 5.74) is 0.147. The quantitative estimate of drug-likeness (QED) is 0.568. The summed E-state index contributed by atoms with van der Waals surface area (Å²) in [7, 11) is 0. The average Bonchev–Trinajstić information content (AvgIpc) is 2.92. The van der Waals surface area contributed by atoms with Gasteiger partial charge in [0, 0.05) is 12.8 Å². The Kier molecular flexibility index (Phi) is 4.66. The van der Waals surface area contributed by atoms with Gasteiger partial charge in [-0.25, -0.2) is 0 Å². The zero-order valence-electron chi connectivity index (χ0n) is 15.8. The molecule has 0 unspecified atom stereocenters. The first-order valence-corrected chi connectivity index (χ1v) is 9.50. The smallest absolute Gasteiger partial charge is 0.0949 e. The first-order valence-electron chi connectivity index (χ1n) is 9.50. The molecule has 2 bridgehead atoms. The predicted molar refractivity (Wildman–Crippen MR) is 93.8 cm³/mol. The van der Waals surface area contributed by atoms with Crippen LogP contribution in [0.4, 0.5) is 0 Å². The maximum absolute atomic E-state index is 10.8. The van der Waals surface area contributed by atoms with Gasteiger partial charge >= 0.3 is 0 Å². The van der Waals surface area contributed by atoms with Crippen molar-refractivity contribution in [1.29, 1.82) is 0 Å². The molecule has 0 aliphatic carbocycles. The van der Waals surface area contributed by atoms with Crippen LogP contribution < -0.4 is 0 Å². The van der Waals surface area contributed by atoms with Crippen LogP contribution in [0.1, 0.15) is 73.1 Å². The molecule has 3 aliphatic heterocycles. The Bertz CT molecular complexity index is 516. The minimum Gasteiger partial charge on any atom is -0.390 e. The van der Waals surface area contributed by atoms with Gasteiger partial charge in [0.2, 0.25) is 0 Å². The summed E-state index contributed by atoms with van der Waals surface area (Å²) >= 11 is 0. The second-order valence-electron chi connectivity index (χ2n) is 9.10. The van der Waals surface area contributed by atoms with Crippen molar-refractivity contribution < 1.29 is 19.7 Å². The molecule has 6 atom stereocenters. The Hall–Kier alpha value is -0.420. The molecule has 138 valence electrons. The second kappa shape index (κ2) is 6.08. The van der Waals surface area contributed by atoms with Crippen molar-refractivity contribution in [3.05, 3.63) is 11.6 Å². The van der Waals surface area contributed by atoms with E-state index in [1.807, 2.05) is 13.0 Å². The van der Waals surface area contributed by atoms with Crippen LogP contribution in [-0.4, -0.2) is 45.3 Å². The summed E-state index contributed by atoms with van der Waals surface area (Å²) in [5, 5.41) is 21.1. The number of ether oxygens (including phenoxy) is 2. The van der Waals surface area contributed by atoms with Crippen LogP contribution in [0, 0.1) is 5.92 Å². The summed E-state index contributed by atoms with van der Waals surface area (Å²) in [5.74, 6) is 0.370. The van der Waals surface area contributed by atoms with E-state index in [0.717, 1.165) is 31.3 Å². The fourth-order valence-corrected chi connectivity index (χ4v) is 4.64. The number of aliphatic hydroxyl groups is 2. The highest BCUT2D eigenvalue weighted by Gasteiger charge is 2.60. The van der Waals surface area contributed by atoms with Gasteiger partial charge in [0.1, 0.15) is 0 Å². The largest absolute Gasteiger partial charge is 0.390 e. The minimum atomic E-state index is -0.485. The Morgan fingerprint density at radius 1 is 1.12 bits per heavy atom. The van der Waals surface area contributed by atoms with Crippen molar-refractivity contribution in [2.24, 2.45) is 5.92 Å². The van der Waals surface area contributed by atoms with Crippen LogP contribution in [0.15, 0.2) is 11.6 Å². The van der Waals surface area contributed by atoms with Gasteiger partial charge in [0.25, 0.3) is 0 Å². The van der Waals surface area contributed by atoms with Gasteiger partial charge < -0.3 is 19.7 Å². The predicted octanol–water partition coefficient (Wildman–Crippen LogP) is 3.35. The van der Waals surface area contributed by atoms with E-state index in [1.165, 1.54) is 0 Å². The van der Waals surface area contributed by atoms with Crippen molar-refractivity contribution in [2.75, 3.05) is 0 Å². The van der Waals surface area contributed by atoms with E-state index >= 15 is 0 Å². The van der Waals surface area contributed by atoms with Crippen LogP contribution in [0.2, 0.25) is 0 Å². The number of allylic oxidation sites excluding steroid dienone is 1. The molecule has 3 heterocycles. The summed E-state index contributed by atoms with van der Waals surface area (Å²) in [6.07, 6.45) is 5.88. The first-order chi connectivity index (χ1) is 11.1. The molecule has 0 spiro atoms. The van der Waals surface area contributed by atoms with Gasteiger partial charge in [-0.3, -0.25) is 0 Å². The number of fused-ring (bicyclic) bond motifs is 3. The molecule has 2 saturated heterocycles. The van der Waals surface area contributed by atoms with Crippen molar-refractivity contribution in [3.63, 3.8) is 0 Å². The molecule has 0 aromatic rings. The molecule has 2 fully saturated rings. The average molecular weight is 338 g/mol. The Labute approximate surface area is 146 Å². The van der Waals surface area contributed by atoms with Crippen molar-refractivity contribution in [3.8, 4) is 0 Å². The summed E-state index contributed by atoms with van der Waals surface area (Å²) in [6, 6.07) is 0. The van der Waals surface area contributed by atoms with Gasteiger partial charge in [-0.05, 0) is 52.4 Å². The Morgan fingerprint density at radius 2 is 1.83 bits per heavy atom. The van der Waals surface area contributed by atoms with E-state index in [9.17, 15) is 10.2 Å². The highest BCUT2D eigenvalue weighted by Crippen LogP contribution is 2.53. The lowest BCUT2D eigenvalue weighted by molar-refractivity contribution is -0.167. The Morgan fingerprint density at radius 3 is 2.50 bits per heavy atom. The fourth-order valence-electron chi connectivity index (χ4n) is 4.64. The highest BCUT2D eigenvalue weighted by atomic mass is 16.6. The van der Waals surface area contributed by atoms with E-state index in [2.05, 4.69) is 27.7 Å². The topological polar surface area (TPSA) is 62.2 Å². The zero-order chi connectivity index (χ0) is 17.8. The van der Waals surface area contributed by atoms with Gasteiger partial charge in [-0.2, -0.15) is 0 Å².